The zero-order valence-corrected chi connectivity index (χ0v) is 15.3. The van der Waals surface area contributed by atoms with Crippen LogP contribution in [0, 0.1) is 0 Å². The van der Waals surface area contributed by atoms with Crippen LogP contribution in [0.4, 0.5) is 0 Å². The molecular formula is C19H21ClN2O4. The van der Waals surface area contributed by atoms with Gasteiger partial charge in [-0.15, -0.1) is 0 Å². The number of aromatic nitrogens is 1. The fourth-order valence-electron chi connectivity index (χ4n) is 2.21. The highest BCUT2D eigenvalue weighted by Crippen LogP contribution is 2.15. The Morgan fingerprint density at radius 3 is 2.58 bits per heavy atom. The molecule has 2 rings (SSSR count). The molecule has 1 aromatic carbocycles. The molecule has 0 saturated heterocycles. The smallest absolute Gasteiger partial charge is 0.307 e. The number of pyridine rings is 1. The molecule has 0 bridgehead atoms. The zero-order valence-electron chi connectivity index (χ0n) is 14.6. The van der Waals surface area contributed by atoms with Crippen LogP contribution in [0.25, 0.3) is 0 Å². The van der Waals surface area contributed by atoms with Crippen LogP contribution in [0.2, 0.25) is 5.02 Å². The first kappa shape index (κ1) is 19.7. The van der Waals surface area contributed by atoms with Crippen molar-refractivity contribution < 1.29 is 19.1 Å². The Bertz CT molecular complexity index is 707. The molecule has 0 N–H and O–H groups in total. The summed E-state index contributed by atoms with van der Waals surface area (Å²) in [6.07, 6.45) is 1.78. The third-order valence-corrected chi connectivity index (χ3v) is 3.75. The molecule has 0 saturated carbocycles. The number of hydrogen-bond donors (Lipinski definition) is 0. The largest absolute Gasteiger partial charge is 0.484 e. The molecule has 1 heterocycles. The van der Waals surface area contributed by atoms with Gasteiger partial charge in [-0.1, -0.05) is 17.7 Å². The molecule has 138 valence electrons. The van der Waals surface area contributed by atoms with E-state index in [4.69, 9.17) is 21.1 Å². The van der Waals surface area contributed by atoms with Crippen LogP contribution in [0.15, 0.2) is 48.7 Å². The number of hydrogen-bond acceptors (Lipinski definition) is 5. The maximum Gasteiger partial charge on any atom is 0.307 e. The minimum Gasteiger partial charge on any atom is -0.484 e. The van der Waals surface area contributed by atoms with E-state index in [0.717, 1.165) is 5.69 Å². The van der Waals surface area contributed by atoms with E-state index >= 15 is 0 Å². The van der Waals surface area contributed by atoms with Crippen LogP contribution >= 0.6 is 11.6 Å². The normalized spacial score (nSPS) is 10.2. The summed E-state index contributed by atoms with van der Waals surface area (Å²) in [6.45, 7) is 2.44. The molecule has 0 aliphatic heterocycles. The van der Waals surface area contributed by atoms with Gasteiger partial charge in [-0.25, -0.2) is 0 Å². The number of carbonyl (C=O) groups is 2. The van der Waals surface area contributed by atoms with Gasteiger partial charge in [0.1, 0.15) is 5.75 Å². The first-order valence-electron chi connectivity index (χ1n) is 8.30. The maximum atomic E-state index is 12.6. The van der Waals surface area contributed by atoms with Gasteiger partial charge in [-0.2, -0.15) is 0 Å². The van der Waals surface area contributed by atoms with Gasteiger partial charge in [-0.3, -0.25) is 14.6 Å². The Balaban J connectivity index is 1.97. The second-order valence-corrected chi connectivity index (χ2v) is 5.87. The van der Waals surface area contributed by atoms with Gasteiger partial charge in [0.25, 0.3) is 5.91 Å². The lowest BCUT2D eigenvalue weighted by atomic mass is 10.3. The van der Waals surface area contributed by atoms with Crippen LogP contribution in [0.5, 0.6) is 5.75 Å². The summed E-state index contributed by atoms with van der Waals surface area (Å²) in [5.74, 6) is -0.0363. The van der Waals surface area contributed by atoms with E-state index in [-0.39, 0.29) is 31.4 Å². The van der Waals surface area contributed by atoms with Gasteiger partial charge in [0, 0.05) is 17.8 Å². The van der Waals surface area contributed by atoms with Crippen molar-refractivity contribution in [2.45, 2.75) is 19.9 Å². The van der Waals surface area contributed by atoms with Crippen molar-refractivity contribution >= 4 is 23.5 Å². The first-order valence-corrected chi connectivity index (χ1v) is 8.68. The monoisotopic (exact) mass is 376 g/mol. The van der Waals surface area contributed by atoms with Gasteiger partial charge in [-0.05, 0) is 43.3 Å². The van der Waals surface area contributed by atoms with Gasteiger partial charge < -0.3 is 14.4 Å². The molecular weight excluding hydrogens is 356 g/mol. The first-order chi connectivity index (χ1) is 12.6. The molecule has 0 radical (unpaired) electrons. The van der Waals surface area contributed by atoms with Crippen molar-refractivity contribution in [1.82, 2.24) is 9.88 Å². The van der Waals surface area contributed by atoms with E-state index < -0.39 is 0 Å². The van der Waals surface area contributed by atoms with Crippen molar-refractivity contribution in [3.05, 3.63) is 59.4 Å². The lowest BCUT2D eigenvalue weighted by Crippen LogP contribution is -2.36. The summed E-state index contributed by atoms with van der Waals surface area (Å²) < 4.78 is 10.4. The van der Waals surface area contributed by atoms with Gasteiger partial charge in [0.05, 0.1) is 25.3 Å². The fourth-order valence-corrected chi connectivity index (χ4v) is 2.33. The molecule has 0 aliphatic carbocycles. The van der Waals surface area contributed by atoms with Crippen molar-refractivity contribution in [3.63, 3.8) is 0 Å². The topological polar surface area (TPSA) is 68.7 Å². The van der Waals surface area contributed by atoms with E-state index in [9.17, 15) is 9.59 Å². The summed E-state index contributed by atoms with van der Waals surface area (Å²) in [4.78, 5) is 29.9. The number of esters is 1. The van der Waals surface area contributed by atoms with Crippen molar-refractivity contribution in [1.29, 1.82) is 0 Å². The van der Waals surface area contributed by atoms with Gasteiger partial charge in [0.15, 0.2) is 6.61 Å². The average Bonchev–Trinajstić information content (AvgIpc) is 2.65. The highest BCUT2D eigenvalue weighted by atomic mass is 35.5. The Kier molecular flexibility index (Phi) is 7.89. The Morgan fingerprint density at radius 1 is 1.15 bits per heavy atom. The number of benzene rings is 1. The third kappa shape index (κ3) is 6.72. The summed E-state index contributed by atoms with van der Waals surface area (Å²) in [7, 11) is 0. The fraction of sp³-hybridized carbons (Fsp3) is 0.316. The highest BCUT2D eigenvalue weighted by Gasteiger charge is 2.17. The molecule has 0 atom stereocenters. The molecule has 0 aliphatic rings. The minimum atomic E-state index is -0.343. The number of ether oxygens (including phenoxy) is 2. The van der Waals surface area contributed by atoms with Crippen LogP contribution in [0.3, 0.4) is 0 Å². The van der Waals surface area contributed by atoms with Crippen molar-refractivity contribution in [2.75, 3.05) is 19.8 Å². The number of amides is 1. The summed E-state index contributed by atoms with van der Waals surface area (Å²) in [5, 5.41) is 0.592. The molecule has 1 amide bonds. The number of carbonyl (C=O) groups excluding carboxylic acids is 2. The van der Waals surface area contributed by atoms with E-state index in [2.05, 4.69) is 4.98 Å². The molecule has 0 unspecified atom stereocenters. The van der Waals surface area contributed by atoms with Crippen molar-refractivity contribution in [2.24, 2.45) is 0 Å². The maximum absolute atomic E-state index is 12.6. The Morgan fingerprint density at radius 2 is 1.92 bits per heavy atom. The summed E-state index contributed by atoms with van der Waals surface area (Å²) >= 11 is 5.83. The van der Waals surface area contributed by atoms with Gasteiger partial charge in [0.2, 0.25) is 0 Å². The van der Waals surface area contributed by atoms with E-state index in [0.29, 0.717) is 23.9 Å². The Labute approximate surface area is 157 Å². The molecule has 2 aromatic rings. The number of rotatable bonds is 9. The highest BCUT2D eigenvalue weighted by molar-refractivity contribution is 6.30. The van der Waals surface area contributed by atoms with Crippen LogP contribution in [0.1, 0.15) is 19.0 Å². The third-order valence-electron chi connectivity index (χ3n) is 3.50. The molecule has 26 heavy (non-hydrogen) atoms. The van der Waals surface area contributed by atoms with E-state index in [1.54, 1.807) is 43.5 Å². The number of nitrogens with zero attached hydrogens (tertiary/aromatic N) is 2. The summed E-state index contributed by atoms with van der Waals surface area (Å²) in [5.41, 5.74) is 0.733. The van der Waals surface area contributed by atoms with E-state index in [1.807, 2.05) is 12.1 Å². The number of halogens is 1. The second-order valence-electron chi connectivity index (χ2n) is 5.43. The molecule has 1 aromatic heterocycles. The van der Waals surface area contributed by atoms with E-state index in [1.165, 1.54) is 4.90 Å². The predicted octanol–water partition coefficient (Wildman–Crippen LogP) is 3.10. The van der Waals surface area contributed by atoms with Crippen LogP contribution < -0.4 is 4.74 Å². The quantitative estimate of drug-likeness (QED) is 0.629. The second kappa shape index (κ2) is 10.4. The SMILES string of the molecule is CCOC(=O)CCN(Cc1ccccn1)C(=O)COc1ccc(Cl)cc1. The Hall–Kier alpha value is -2.60. The standard InChI is InChI=1S/C19H21ClN2O4/c1-2-25-19(24)10-12-22(13-16-5-3-4-11-21-16)18(23)14-26-17-8-6-15(20)7-9-17/h3-9,11H,2,10,12-14H2,1H3. The van der Waals surface area contributed by atoms with Crippen molar-refractivity contribution in [3.8, 4) is 5.75 Å². The molecule has 0 fully saturated rings. The molecule has 6 nitrogen and oxygen atoms in total. The lowest BCUT2D eigenvalue weighted by molar-refractivity contribution is -0.144. The van der Waals surface area contributed by atoms with Gasteiger partial charge >= 0.3 is 5.97 Å². The average molecular weight is 377 g/mol. The van der Waals surface area contributed by atoms with Crippen LogP contribution in [-0.2, 0) is 20.9 Å². The molecule has 0 spiro atoms. The summed E-state index contributed by atoms with van der Waals surface area (Å²) in [6, 6.07) is 12.2. The molecule has 7 heteroatoms. The zero-order chi connectivity index (χ0) is 18.8. The lowest BCUT2D eigenvalue weighted by Gasteiger charge is -2.22. The minimum absolute atomic E-state index is 0.118. The van der Waals surface area contributed by atoms with Crippen LogP contribution in [-0.4, -0.2) is 41.5 Å². The predicted molar refractivity (Wildman–Crippen MR) is 97.9 cm³/mol.